The third kappa shape index (κ3) is 2.88. The van der Waals surface area contributed by atoms with Crippen molar-refractivity contribution >= 4 is 17.0 Å². The van der Waals surface area contributed by atoms with Crippen LogP contribution in [0.15, 0.2) is 24.7 Å². The number of aromatic nitrogens is 4. The largest absolute Gasteiger partial charge is 0.478 e. The molecule has 1 saturated carbocycles. The van der Waals surface area contributed by atoms with Gasteiger partial charge in [0.05, 0.1) is 36.2 Å². The number of aromatic carboxylic acids is 1. The highest BCUT2D eigenvalue weighted by atomic mass is 19.1. The number of rotatable bonds is 6. The summed E-state index contributed by atoms with van der Waals surface area (Å²) in [4.78, 5) is 22.6. The second kappa shape index (κ2) is 6.41. The molecule has 0 spiro atoms. The zero-order chi connectivity index (χ0) is 19.4. The van der Waals surface area contributed by atoms with Gasteiger partial charge in [0.25, 0.3) is 0 Å². The van der Waals surface area contributed by atoms with Crippen LogP contribution in [0, 0.1) is 17.7 Å². The molecule has 7 nitrogen and oxygen atoms in total. The number of halogens is 1. The Bertz CT molecular complexity index is 1060. The molecule has 28 heavy (non-hydrogen) atoms. The predicted molar refractivity (Wildman–Crippen MR) is 101 cm³/mol. The molecular weight excluding hydrogens is 361 g/mol. The molecule has 2 unspecified atom stereocenters. The summed E-state index contributed by atoms with van der Waals surface area (Å²) in [7, 11) is 0. The summed E-state index contributed by atoms with van der Waals surface area (Å²) in [5.74, 6) is 0.627. The standard InChI is InChI=1S/C20H22FN5O2/c1-2-25-11-22-6-15(25)9-26-17-5-12(20(27)28)4-16(21)19(17)23-18(26)10-24-7-13-3-14(13)8-24/h4-6,11,13-14H,2-3,7-10H2,1H3,(H,27,28). The number of benzene rings is 1. The van der Waals surface area contributed by atoms with E-state index in [-0.39, 0.29) is 11.1 Å². The molecule has 2 fully saturated rings. The summed E-state index contributed by atoms with van der Waals surface area (Å²) in [5.41, 5.74) is 1.66. The van der Waals surface area contributed by atoms with Crippen molar-refractivity contribution in [1.29, 1.82) is 0 Å². The van der Waals surface area contributed by atoms with Crippen LogP contribution in [0.5, 0.6) is 0 Å². The summed E-state index contributed by atoms with van der Waals surface area (Å²) >= 11 is 0. The van der Waals surface area contributed by atoms with Crippen LogP contribution in [0.3, 0.4) is 0 Å². The van der Waals surface area contributed by atoms with E-state index in [2.05, 4.69) is 14.9 Å². The lowest BCUT2D eigenvalue weighted by Gasteiger charge is -2.18. The van der Waals surface area contributed by atoms with Gasteiger partial charge in [0.2, 0.25) is 0 Å². The Balaban J connectivity index is 1.59. The fraction of sp³-hybridized carbons (Fsp3) is 0.450. The van der Waals surface area contributed by atoms with Crippen LogP contribution in [0.25, 0.3) is 11.0 Å². The number of imidazole rings is 2. The van der Waals surface area contributed by atoms with E-state index in [1.807, 2.05) is 16.1 Å². The maximum absolute atomic E-state index is 14.6. The van der Waals surface area contributed by atoms with E-state index < -0.39 is 11.8 Å². The average Bonchev–Trinajstić information content (AvgIpc) is 3.02. The molecule has 3 aromatic rings. The normalized spacial score (nSPS) is 21.4. The molecule has 0 amide bonds. The Morgan fingerprint density at radius 1 is 1.29 bits per heavy atom. The van der Waals surface area contributed by atoms with E-state index in [9.17, 15) is 14.3 Å². The second-order valence-electron chi connectivity index (χ2n) is 7.87. The maximum atomic E-state index is 14.6. The minimum Gasteiger partial charge on any atom is -0.478 e. The molecular formula is C20H22FN5O2. The first-order chi connectivity index (χ1) is 13.5. The number of hydrogen-bond donors (Lipinski definition) is 1. The third-order valence-electron chi connectivity index (χ3n) is 6.01. The zero-order valence-corrected chi connectivity index (χ0v) is 15.7. The Morgan fingerprint density at radius 2 is 2.07 bits per heavy atom. The molecule has 1 N–H and O–H groups in total. The number of fused-ring (bicyclic) bond motifs is 2. The van der Waals surface area contributed by atoms with Crippen molar-refractivity contribution in [2.24, 2.45) is 11.8 Å². The lowest BCUT2D eigenvalue weighted by atomic mass is 10.2. The van der Waals surface area contributed by atoms with Crippen molar-refractivity contribution in [3.63, 3.8) is 0 Å². The van der Waals surface area contributed by atoms with Crippen molar-refractivity contribution in [2.75, 3.05) is 13.1 Å². The number of nitrogens with zero attached hydrogens (tertiary/aromatic N) is 5. The third-order valence-corrected chi connectivity index (χ3v) is 6.01. The van der Waals surface area contributed by atoms with Crippen LogP contribution < -0.4 is 0 Å². The molecule has 0 radical (unpaired) electrons. The molecule has 1 aliphatic carbocycles. The number of likely N-dealkylation sites (tertiary alicyclic amines) is 1. The average molecular weight is 383 g/mol. The molecule has 0 bridgehead atoms. The maximum Gasteiger partial charge on any atom is 0.335 e. The fourth-order valence-electron chi connectivity index (χ4n) is 4.40. The van der Waals surface area contributed by atoms with E-state index in [0.29, 0.717) is 18.6 Å². The van der Waals surface area contributed by atoms with E-state index in [1.165, 1.54) is 12.5 Å². The Kier molecular flexibility index (Phi) is 3.97. The van der Waals surface area contributed by atoms with Gasteiger partial charge in [0.15, 0.2) is 5.82 Å². The molecule has 3 heterocycles. The van der Waals surface area contributed by atoms with E-state index in [4.69, 9.17) is 0 Å². The zero-order valence-electron chi connectivity index (χ0n) is 15.7. The molecule has 146 valence electrons. The molecule has 1 aliphatic heterocycles. The van der Waals surface area contributed by atoms with Crippen LogP contribution in [0.2, 0.25) is 0 Å². The van der Waals surface area contributed by atoms with Gasteiger partial charge in [-0.25, -0.2) is 19.2 Å². The van der Waals surface area contributed by atoms with E-state index in [0.717, 1.165) is 49.1 Å². The van der Waals surface area contributed by atoms with Gasteiger partial charge in [-0.2, -0.15) is 0 Å². The summed E-state index contributed by atoms with van der Waals surface area (Å²) in [6.45, 7) is 6.05. The highest BCUT2D eigenvalue weighted by molar-refractivity contribution is 5.92. The van der Waals surface area contributed by atoms with Gasteiger partial charge in [0.1, 0.15) is 11.3 Å². The van der Waals surface area contributed by atoms with E-state index >= 15 is 0 Å². The Labute approximate surface area is 161 Å². The molecule has 5 rings (SSSR count). The monoisotopic (exact) mass is 383 g/mol. The Morgan fingerprint density at radius 3 is 2.79 bits per heavy atom. The van der Waals surface area contributed by atoms with Gasteiger partial charge in [-0.15, -0.1) is 0 Å². The summed E-state index contributed by atoms with van der Waals surface area (Å²) in [5, 5.41) is 9.35. The quantitative estimate of drug-likeness (QED) is 0.708. The van der Waals surface area contributed by atoms with Crippen molar-refractivity contribution in [1.82, 2.24) is 24.0 Å². The lowest BCUT2D eigenvalue weighted by molar-refractivity contribution is 0.0696. The van der Waals surface area contributed by atoms with Gasteiger partial charge in [-0.3, -0.25) is 4.90 Å². The minimum atomic E-state index is -1.15. The van der Waals surface area contributed by atoms with Crippen LogP contribution in [0.1, 0.15) is 35.2 Å². The van der Waals surface area contributed by atoms with Crippen LogP contribution in [0.4, 0.5) is 4.39 Å². The summed E-state index contributed by atoms with van der Waals surface area (Å²) < 4.78 is 18.6. The van der Waals surface area contributed by atoms with Gasteiger partial charge < -0.3 is 14.2 Å². The van der Waals surface area contributed by atoms with Crippen LogP contribution >= 0.6 is 0 Å². The van der Waals surface area contributed by atoms with Crippen molar-refractivity contribution in [3.05, 3.63) is 47.6 Å². The first-order valence-electron chi connectivity index (χ1n) is 9.66. The predicted octanol–water partition coefficient (Wildman–Crippen LogP) is 2.59. The fourth-order valence-corrected chi connectivity index (χ4v) is 4.40. The first kappa shape index (κ1) is 17.4. The summed E-state index contributed by atoms with van der Waals surface area (Å²) in [6.07, 6.45) is 4.88. The molecule has 1 saturated heterocycles. The topological polar surface area (TPSA) is 76.2 Å². The van der Waals surface area contributed by atoms with Crippen LogP contribution in [-0.4, -0.2) is 48.2 Å². The van der Waals surface area contributed by atoms with Gasteiger partial charge in [-0.1, -0.05) is 0 Å². The lowest BCUT2D eigenvalue weighted by Crippen LogP contribution is -2.24. The number of carboxylic acid groups (broad SMARTS) is 1. The molecule has 2 aliphatic rings. The Hall–Kier alpha value is -2.74. The first-order valence-corrected chi connectivity index (χ1v) is 9.66. The number of aryl methyl sites for hydroxylation is 1. The van der Waals surface area contributed by atoms with Gasteiger partial charge in [0, 0.05) is 25.8 Å². The van der Waals surface area contributed by atoms with Crippen molar-refractivity contribution < 1.29 is 14.3 Å². The molecule has 2 atom stereocenters. The second-order valence-corrected chi connectivity index (χ2v) is 7.87. The van der Waals surface area contributed by atoms with Gasteiger partial charge in [-0.05, 0) is 37.3 Å². The minimum absolute atomic E-state index is 0.0656. The van der Waals surface area contributed by atoms with E-state index in [1.54, 1.807) is 12.5 Å². The molecule has 8 heteroatoms. The van der Waals surface area contributed by atoms with Crippen LogP contribution in [-0.2, 0) is 19.6 Å². The van der Waals surface area contributed by atoms with Gasteiger partial charge >= 0.3 is 5.97 Å². The number of piperidine rings is 1. The molecule has 2 aromatic heterocycles. The van der Waals surface area contributed by atoms with Crippen molar-refractivity contribution in [2.45, 2.75) is 33.0 Å². The molecule has 1 aromatic carbocycles. The highest BCUT2D eigenvalue weighted by Crippen LogP contribution is 2.45. The summed E-state index contributed by atoms with van der Waals surface area (Å²) in [6, 6.07) is 2.57. The highest BCUT2D eigenvalue weighted by Gasteiger charge is 2.45. The number of carbonyl (C=O) groups is 1. The number of hydrogen-bond acceptors (Lipinski definition) is 4. The van der Waals surface area contributed by atoms with Crippen molar-refractivity contribution in [3.8, 4) is 0 Å². The SMILES string of the molecule is CCn1cncc1Cn1c(CN2CC3CC3C2)nc2c(F)cc(C(=O)O)cc21. The number of carboxylic acids is 1. The smallest absolute Gasteiger partial charge is 0.335 e.